The minimum atomic E-state index is -0.153. The number of fused-ring (bicyclic) bond motifs is 1. The highest BCUT2D eigenvalue weighted by Crippen LogP contribution is 2.44. The van der Waals surface area contributed by atoms with E-state index in [9.17, 15) is 9.59 Å². The Kier molecular flexibility index (Phi) is 2.78. The van der Waals surface area contributed by atoms with Gasteiger partial charge >= 0.3 is 0 Å². The summed E-state index contributed by atoms with van der Waals surface area (Å²) in [5, 5.41) is 0.427. The molecule has 1 aliphatic carbocycles. The molecule has 2 atom stereocenters. The van der Waals surface area contributed by atoms with Gasteiger partial charge in [-0.25, -0.2) is 4.90 Å². The van der Waals surface area contributed by atoms with E-state index in [0.717, 1.165) is 12.8 Å². The molecule has 2 unspecified atom stereocenters. The van der Waals surface area contributed by atoms with Crippen LogP contribution in [0.25, 0.3) is 0 Å². The van der Waals surface area contributed by atoms with E-state index in [0.29, 0.717) is 22.3 Å². The highest BCUT2D eigenvalue weighted by atomic mass is 35.5. The van der Waals surface area contributed by atoms with Crippen LogP contribution in [0.15, 0.2) is 18.2 Å². The molecule has 1 saturated carbocycles. The van der Waals surface area contributed by atoms with Crippen LogP contribution in [0.2, 0.25) is 5.02 Å². The van der Waals surface area contributed by atoms with E-state index < -0.39 is 0 Å². The summed E-state index contributed by atoms with van der Waals surface area (Å²) in [5.74, 6) is -0.0544. The normalized spacial score (nSPS) is 30.0. The van der Waals surface area contributed by atoms with Crippen molar-refractivity contribution in [1.82, 2.24) is 0 Å². The molecule has 3 rings (SSSR count). The fourth-order valence-electron chi connectivity index (χ4n) is 3.20. The van der Waals surface area contributed by atoms with Crippen LogP contribution in [-0.4, -0.2) is 11.8 Å². The van der Waals surface area contributed by atoms with E-state index in [1.54, 1.807) is 18.2 Å². The Hall–Kier alpha value is -1.55. The third-order valence-electron chi connectivity index (χ3n) is 4.11. The van der Waals surface area contributed by atoms with E-state index in [2.05, 4.69) is 6.92 Å². The van der Waals surface area contributed by atoms with Crippen LogP contribution in [0.3, 0.4) is 0 Å². The monoisotopic (exact) mass is 278 g/mol. The molecule has 2 amide bonds. The molecule has 4 nitrogen and oxygen atoms in total. The lowest BCUT2D eigenvalue weighted by atomic mass is 10.00. The zero-order valence-electron chi connectivity index (χ0n) is 10.6. The molecule has 0 spiro atoms. The van der Waals surface area contributed by atoms with Crippen LogP contribution in [0.5, 0.6) is 0 Å². The summed E-state index contributed by atoms with van der Waals surface area (Å²) in [4.78, 5) is 26.0. The van der Waals surface area contributed by atoms with Gasteiger partial charge in [0.25, 0.3) is 0 Å². The van der Waals surface area contributed by atoms with Crippen molar-refractivity contribution in [2.45, 2.75) is 19.8 Å². The number of nitrogens with zero attached hydrogens (tertiary/aromatic N) is 1. The van der Waals surface area contributed by atoms with Crippen LogP contribution in [0.1, 0.15) is 19.8 Å². The zero-order chi connectivity index (χ0) is 13.7. The molecule has 1 aliphatic heterocycles. The lowest BCUT2D eigenvalue weighted by molar-refractivity contribution is -0.123. The number of benzene rings is 1. The Morgan fingerprint density at radius 3 is 2.32 bits per heavy atom. The first-order valence-electron chi connectivity index (χ1n) is 6.42. The third kappa shape index (κ3) is 1.82. The first-order valence-corrected chi connectivity index (χ1v) is 6.79. The van der Waals surface area contributed by atoms with Gasteiger partial charge in [-0.15, -0.1) is 0 Å². The average Bonchev–Trinajstić information content (AvgIpc) is 2.84. The van der Waals surface area contributed by atoms with Crippen molar-refractivity contribution in [3.05, 3.63) is 23.2 Å². The average molecular weight is 279 g/mol. The third-order valence-corrected chi connectivity index (χ3v) is 4.46. The summed E-state index contributed by atoms with van der Waals surface area (Å²) in [6.45, 7) is 2.09. The number of nitrogens with two attached hydrogens (primary N) is 1. The number of amides is 2. The maximum atomic E-state index is 12.4. The van der Waals surface area contributed by atoms with Crippen LogP contribution in [0.4, 0.5) is 11.4 Å². The summed E-state index contributed by atoms with van der Waals surface area (Å²) in [5.41, 5.74) is 6.64. The quantitative estimate of drug-likeness (QED) is 0.634. The lowest BCUT2D eigenvalue weighted by Crippen LogP contribution is -2.32. The number of imide groups is 1. The Labute approximate surface area is 116 Å². The standard InChI is InChI=1S/C14H15ClN2O2/c1-7-4-9-10(5-7)14(19)17(13(9)18)8-2-3-11(15)12(16)6-8/h2-3,6-7,9-10H,4-5,16H2,1H3. The number of rotatable bonds is 1. The molecule has 100 valence electrons. The number of anilines is 2. The summed E-state index contributed by atoms with van der Waals surface area (Å²) in [6, 6.07) is 4.87. The largest absolute Gasteiger partial charge is 0.397 e. The molecule has 1 aromatic carbocycles. The van der Waals surface area contributed by atoms with Crippen molar-refractivity contribution >= 4 is 34.8 Å². The SMILES string of the molecule is CC1CC2C(=O)N(c3ccc(Cl)c(N)c3)C(=O)C2C1. The predicted octanol–water partition coefficient (Wildman–Crippen LogP) is 2.46. The second-order valence-electron chi connectivity index (χ2n) is 5.51. The van der Waals surface area contributed by atoms with Gasteiger partial charge in [-0.05, 0) is 37.0 Å². The molecule has 2 N–H and O–H groups in total. The summed E-state index contributed by atoms with van der Waals surface area (Å²) in [6.07, 6.45) is 1.60. The number of halogens is 1. The van der Waals surface area contributed by atoms with Gasteiger partial charge in [0.1, 0.15) is 0 Å². The smallest absolute Gasteiger partial charge is 0.237 e. The number of carbonyl (C=O) groups excluding carboxylic acids is 2. The molecule has 2 fully saturated rings. The van der Waals surface area contributed by atoms with Gasteiger partial charge in [-0.1, -0.05) is 18.5 Å². The molecule has 0 aromatic heterocycles. The molecule has 0 radical (unpaired) electrons. The molecule has 1 heterocycles. The highest BCUT2D eigenvalue weighted by Gasteiger charge is 2.52. The fraction of sp³-hybridized carbons (Fsp3) is 0.429. The van der Waals surface area contributed by atoms with Crippen LogP contribution in [-0.2, 0) is 9.59 Å². The van der Waals surface area contributed by atoms with Gasteiger partial charge in [0.2, 0.25) is 11.8 Å². The zero-order valence-corrected chi connectivity index (χ0v) is 11.4. The van der Waals surface area contributed by atoms with Crippen molar-refractivity contribution in [1.29, 1.82) is 0 Å². The Morgan fingerprint density at radius 1 is 1.21 bits per heavy atom. The fourth-order valence-corrected chi connectivity index (χ4v) is 3.32. The summed E-state index contributed by atoms with van der Waals surface area (Å²) in [7, 11) is 0. The second kappa shape index (κ2) is 4.23. The van der Waals surface area contributed by atoms with Crippen LogP contribution < -0.4 is 10.6 Å². The number of nitrogen functional groups attached to an aromatic ring is 1. The van der Waals surface area contributed by atoms with Gasteiger partial charge in [-0.3, -0.25) is 9.59 Å². The molecule has 19 heavy (non-hydrogen) atoms. The maximum absolute atomic E-state index is 12.4. The maximum Gasteiger partial charge on any atom is 0.237 e. The molecular weight excluding hydrogens is 264 g/mol. The van der Waals surface area contributed by atoms with Crippen molar-refractivity contribution in [2.24, 2.45) is 17.8 Å². The first kappa shape index (κ1) is 12.5. The highest BCUT2D eigenvalue weighted by molar-refractivity contribution is 6.33. The van der Waals surface area contributed by atoms with E-state index in [1.165, 1.54) is 4.90 Å². The van der Waals surface area contributed by atoms with E-state index >= 15 is 0 Å². The second-order valence-corrected chi connectivity index (χ2v) is 5.91. The Balaban J connectivity index is 1.96. The van der Waals surface area contributed by atoms with Gasteiger partial charge in [0.15, 0.2) is 0 Å². The lowest BCUT2D eigenvalue weighted by Gasteiger charge is -2.17. The first-order chi connectivity index (χ1) is 8.99. The van der Waals surface area contributed by atoms with Gasteiger partial charge in [-0.2, -0.15) is 0 Å². The minimum Gasteiger partial charge on any atom is -0.397 e. The van der Waals surface area contributed by atoms with E-state index in [4.69, 9.17) is 17.3 Å². The molecule has 1 saturated heterocycles. The van der Waals surface area contributed by atoms with E-state index in [1.807, 2.05) is 0 Å². The number of carbonyl (C=O) groups is 2. The molecule has 2 aliphatic rings. The topological polar surface area (TPSA) is 63.4 Å². The number of hydrogen-bond acceptors (Lipinski definition) is 3. The summed E-state index contributed by atoms with van der Waals surface area (Å²) >= 11 is 5.86. The Bertz CT molecular complexity index is 549. The van der Waals surface area contributed by atoms with Gasteiger partial charge in [0.05, 0.1) is 28.2 Å². The predicted molar refractivity (Wildman–Crippen MR) is 73.7 cm³/mol. The van der Waals surface area contributed by atoms with E-state index in [-0.39, 0.29) is 23.7 Å². The molecular formula is C14H15ClN2O2. The number of hydrogen-bond donors (Lipinski definition) is 1. The van der Waals surface area contributed by atoms with Crippen LogP contribution >= 0.6 is 11.6 Å². The van der Waals surface area contributed by atoms with Crippen molar-refractivity contribution < 1.29 is 9.59 Å². The van der Waals surface area contributed by atoms with Crippen molar-refractivity contribution in [3.63, 3.8) is 0 Å². The molecule has 5 heteroatoms. The van der Waals surface area contributed by atoms with Gasteiger partial charge in [0, 0.05) is 0 Å². The van der Waals surface area contributed by atoms with Crippen LogP contribution in [0, 0.1) is 17.8 Å². The molecule has 1 aromatic rings. The summed E-state index contributed by atoms with van der Waals surface area (Å²) < 4.78 is 0. The Morgan fingerprint density at radius 2 is 1.79 bits per heavy atom. The van der Waals surface area contributed by atoms with Gasteiger partial charge < -0.3 is 5.73 Å². The molecule has 0 bridgehead atoms. The van der Waals surface area contributed by atoms with Crippen molar-refractivity contribution in [3.8, 4) is 0 Å². The minimum absolute atomic E-state index is 0.0962. The van der Waals surface area contributed by atoms with Crippen molar-refractivity contribution in [2.75, 3.05) is 10.6 Å².